The molecule has 0 fully saturated rings. The normalized spacial score (nSPS) is 11.6. The molecule has 8 nitrogen and oxygen atoms in total. The molecule has 0 aliphatic heterocycles. The van der Waals surface area contributed by atoms with Crippen LogP contribution in [0.1, 0.15) is 25.2 Å². The van der Waals surface area contributed by atoms with Crippen LogP contribution in [0, 0.1) is 5.82 Å². The summed E-state index contributed by atoms with van der Waals surface area (Å²) in [5.41, 5.74) is 1.06. The second kappa shape index (κ2) is 7.84. The van der Waals surface area contributed by atoms with Crippen LogP contribution in [0.5, 0.6) is 5.75 Å². The third kappa shape index (κ3) is 4.13. The van der Waals surface area contributed by atoms with Gasteiger partial charge >= 0.3 is 5.69 Å². The first-order valence-electron chi connectivity index (χ1n) is 9.62. The van der Waals surface area contributed by atoms with Gasteiger partial charge < -0.3 is 9.84 Å². The second-order valence-corrected chi connectivity index (χ2v) is 7.70. The molecule has 0 amide bonds. The highest BCUT2D eigenvalue weighted by molar-refractivity contribution is 5.62. The minimum atomic E-state index is -1.39. The maximum atomic E-state index is 13.9. The Morgan fingerprint density at radius 1 is 1.16 bits per heavy atom. The van der Waals surface area contributed by atoms with Gasteiger partial charge in [0.25, 0.3) is 0 Å². The van der Waals surface area contributed by atoms with E-state index < -0.39 is 17.1 Å². The number of ether oxygens (including phenoxy) is 1. The minimum absolute atomic E-state index is 0.0272. The first-order valence-corrected chi connectivity index (χ1v) is 9.62. The van der Waals surface area contributed by atoms with Crippen molar-refractivity contribution in [2.45, 2.75) is 26.0 Å². The van der Waals surface area contributed by atoms with Crippen molar-refractivity contribution in [3.8, 4) is 22.6 Å². The second-order valence-electron chi connectivity index (χ2n) is 7.70. The fraction of sp³-hybridized carbons (Fsp3) is 0.227. The highest BCUT2D eigenvalue weighted by Gasteiger charge is 2.27. The number of rotatable bonds is 6. The number of aromatic amines is 1. The summed E-state index contributed by atoms with van der Waals surface area (Å²) >= 11 is 0. The van der Waals surface area contributed by atoms with Gasteiger partial charge in [-0.3, -0.25) is 9.67 Å². The predicted molar refractivity (Wildman–Crippen MR) is 113 cm³/mol. The van der Waals surface area contributed by atoms with E-state index >= 15 is 0 Å². The molecule has 0 unspecified atom stereocenters. The van der Waals surface area contributed by atoms with Crippen molar-refractivity contribution < 1.29 is 14.2 Å². The van der Waals surface area contributed by atoms with Crippen molar-refractivity contribution in [2.75, 3.05) is 7.11 Å². The molecule has 0 spiro atoms. The Bertz CT molecular complexity index is 1250. The molecule has 9 heteroatoms. The molecule has 0 radical (unpaired) electrons. The Balaban J connectivity index is 1.77. The molecule has 4 aromatic rings. The van der Waals surface area contributed by atoms with Gasteiger partial charge in [-0.1, -0.05) is 12.1 Å². The number of aliphatic hydroxyl groups is 1. The van der Waals surface area contributed by atoms with Crippen LogP contribution < -0.4 is 10.4 Å². The SMILES string of the molecule is COc1cc(F)cc(Cn2c(C(C)(C)O)nn(-c3ccc(-c4cn[nH]c4)cc3)c2=O)c1. The molecule has 0 saturated carbocycles. The Hall–Kier alpha value is -3.72. The fourth-order valence-corrected chi connectivity index (χ4v) is 3.38. The van der Waals surface area contributed by atoms with E-state index in [9.17, 15) is 14.3 Å². The van der Waals surface area contributed by atoms with E-state index in [-0.39, 0.29) is 12.4 Å². The van der Waals surface area contributed by atoms with Gasteiger partial charge in [0.1, 0.15) is 17.2 Å². The van der Waals surface area contributed by atoms with Gasteiger partial charge in [0.05, 0.1) is 25.5 Å². The van der Waals surface area contributed by atoms with Gasteiger partial charge in [-0.05, 0) is 49.2 Å². The number of hydrogen-bond acceptors (Lipinski definition) is 5. The first-order chi connectivity index (χ1) is 14.8. The van der Waals surface area contributed by atoms with Gasteiger partial charge in [-0.15, -0.1) is 5.10 Å². The zero-order valence-electron chi connectivity index (χ0n) is 17.3. The summed E-state index contributed by atoms with van der Waals surface area (Å²) in [6.45, 7) is 3.12. The van der Waals surface area contributed by atoms with Gasteiger partial charge in [0.15, 0.2) is 5.82 Å². The first kappa shape index (κ1) is 20.5. The Labute approximate surface area is 177 Å². The van der Waals surface area contributed by atoms with Crippen LogP contribution in [0.2, 0.25) is 0 Å². The topological polar surface area (TPSA) is 98.0 Å². The number of H-pyrrole nitrogens is 1. The third-order valence-corrected chi connectivity index (χ3v) is 4.86. The third-order valence-electron chi connectivity index (χ3n) is 4.86. The lowest BCUT2D eigenvalue weighted by Crippen LogP contribution is -2.28. The average Bonchev–Trinajstić information content (AvgIpc) is 3.37. The zero-order valence-corrected chi connectivity index (χ0v) is 17.3. The van der Waals surface area contributed by atoms with Gasteiger partial charge in [-0.2, -0.15) is 9.78 Å². The molecule has 160 valence electrons. The summed E-state index contributed by atoms with van der Waals surface area (Å²) in [5, 5.41) is 21.7. The van der Waals surface area contributed by atoms with Gasteiger partial charge in [0.2, 0.25) is 0 Å². The zero-order chi connectivity index (χ0) is 22.2. The summed E-state index contributed by atoms with van der Waals surface area (Å²) in [7, 11) is 1.44. The number of aromatic nitrogens is 5. The predicted octanol–water partition coefficient (Wildman–Crippen LogP) is 2.85. The van der Waals surface area contributed by atoms with E-state index in [1.54, 1.807) is 44.4 Å². The maximum Gasteiger partial charge on any atom is 0.351 e. The molecule has 2 aromatic heterocycles. The quantitative estimate of drug-likeness (QED) is 0.497. The molecule has 0 atom stereocenters. The summed E-state index contributed by atoms with van der Waals surface area (Å²) in [4.78, 5) is 13.2. The maximum absolute atomic E-state index is 13.9. The lowest BCUT2D eigenvalue weighted by Gasteiger charge is -2.17. The van der Waals surface area contributed by atoms with Crippen molar-refractivity contribution >= 4 is 0 Å². The minimum Gasteiger partial charge on any atom is -0.497 e. The molecule has 2 heterocycles. The number of methoxy groups -OCH3 is 1. The highest BCUT2D eigenvalue weighted by atomic mass is 19.1. The van der Waals surface area contributed by atoms with Crippen molar-refractivity contribution in [2.24, 2.45) is 0 Å². The molecule has 2 N–H and O–H groups in total. The molecule has 0 bridgehead atoms. The van der Waals surface area contributed by atoms with Crippen molar-refractivity contribution in [3.63, 3.8) is 0 Å². The van der Waals surface area contributed by atoms with Crippen LogP contribution >= 0.6 is 0 Å². The largest absolute Gasteiger partial charge is 0.497 e. The lowest BCUT2D eigenvalue weighted by atomic mass is 10.1. The van der Waals surface area contributed by atoms with Crippen LogP contribution in [0.15, 0.2) is 59.7 Å². The van der Waals surface area contributed by atoms with E-state index in [0.717, 1.165) is 11.1 Å². The standard InChI is InChI=1S/C22H22FN5O3/c1-22(2,30)20-26-28(18-6-4-15(5-7-18)16-11-24-25-12-16)21(29)27(20)13-14-8-17(23)10-19(9-14)31-3/h4-12,30H,13H2,1-3H3,(H,24,25). The molecule has 4 rings (SSSR count). The Morgan fingerprint density at radius 2 is 1.90 bits per heavy atom. The van der Waals surface area contributed by atoms with Crippen LogP contribution in [0.3, 0.4) is 0 Å². The molecular weight excluding hydrogens is 401 g/mol. The Kier molecular flexibility index (Phi) is 5.20. The van der Waals surface area contributed by atoms with Gasteiger partial charge in [0, 0.05) is 17.8 Å². The van der Waals surface area contributed by atoms with Crippen LogP contribution in [0.4, 0.5) is 4.39 Å². The average molecular weight is 423 g/mol. The number of halogens is 1. The molecule has 0 aliphatic rings. The van der Waals surface area contributed by atoms with E-state index in [1.807, 2.05) is 12.1 Å². The van der Waals surface area contributed by atoms with E-state index in [4.69, 9.17) is 4.74 Å². The molecule has 0 saturated heterocycles. The van der Waals surface area contributed by atoms with E-state index in [0.29, 0.717) is 17.0 Å². The summed E-state index contributed by atoms with van der Waals surface area (Å²) in [6.07, 6.45) is 3.48. The summed E-state index contributed by atoms with van der Waals surface area (Å²) in [6, 6.07) is 11.5. The van der Waals surface area contributed by atoms with Crippen molar-refractivity contribution in [1.82, 2.24) is 24.5 Å². The monoisotopic (exact) mass is 423 g/mol. The summed E-state index contributed by atoms with van der Waals surface area (Å²) < 4.78 is 21.6. The number of nitrogens with one attached hydrogen (secondary N) is 1. The van der Waals surface area contributed by atoms with E-state index in [1.165, 1.54) is 28.5 Å². The Morgan fingerprint density at radius 3 is 2.52 bits per heavy atom. The number of nitrogens with zero attached hydrogens (tertiary/aromatic N) is 4. The molecule has 0 aliphatic carbocycles. The van der Waals surface area contributed by atoms with Crippen molar-refractivity contribution in [3.05, 3.63) is 82.5 Å². The van der Waals surface area contributed by atoms with E-state index in [2.05, 4.69) is 15.3 Å². The fourth-order valence-electron chi connectivity index (χ4n) is 3.38. The highest BCUT2D eigenvalue weighted by Crippen LogP contribution is 2.22. The van der Waals surface area contributed by atoms with Gasteiger partial charge in [-0.25, -0.2) is 9.18 Å². The number of hydrogen-bond donors (Lipinski definition) is 2. The molecule has 2 aromatic carbocycles. The number of benzene rings is 2. The lowest BCUT2D eigenvalue weighted by molar-refractivity contribution is 0.0643. The van der Waals surface area contributed by atoms with Crippen LogP contribution in [-0.4, -0.2) is 36.8 Å². The van der Waals surface area contributed by atoms with Crippen LogP contribution in [-0.2, 0) is 12.1 Å². The van der Waals surface area contributed by atoms with Crippen LogP contribution in [0.25, 0.3) is 16.8 Å². The van der Waals surface area contributed by atoms with Crippen molar-refractivity contribution in [1.29, 1.82) is 0 Å². The molecular formula is C22H22FN5O3. The summed E-state index contributed by atoms with van der Waals surface area (Å²) in [5.74, 6) is 0.0316. The molecule has 31 heavy (non-hydrogen) atoms. The smallest absolute Gasteiger partial charge is 0.351 e.